The summed E-state index contributed by atoms with van der Waals surface area (Å²) >= 11 is 0. The Morgan fingerprint density at radius 3 is 2.02 bits per heavy atom. The van der Waals surface area contributed by atoms with Gasteiger partial charge in [-0.1, -0.05) is 60.4 Å². The molecular weight excluding hydrogens is 542 g/mol. The summed E-state index contributed by atoms with van der Waals surface area (Å²) in [5.74, 6) is 11.7. The van der Waals surface area contributed by atoms with E-state index in [0.717, 1.165) is 27.8 Å². The fourth-order valence-electron chi connectivity index (χ4n) is 4.73. The minimum atomic E-state index is -0.563. The summed E-state index contributed by atoms with van der Waals surface area (Å²) in [6.45, 7) is 6.47. The van der Waals surface area contributed by atoms with E-state index in [4.69, 9.17) is 19.9 Å². The minimum absolute atomic E-state index is 0.173. The van der Waals surface area contributed by atoms with Crippen molar-refractivity contribution in [3.63, 3.8) is 0 Å². The third-order valence-electron chi connectivity index (χ3n) is 6.51. The van der Waals surface area contributed by atoms with E-state index in [1.165, 1.54) is 0 Å². The third kappa shape index (κ3) is 9.29. The van der Waals surface area contributed by atoms with Crippen LogP contribution in [-0.2, 0) is 14.2 Å². The molecule has 3 aromatic rings. The highest BCUT2D eigenvalue weighted by Crippen LogP contribution is 2.47. The Morgan fingerprint density at radius 1 is 0.837 bits per heavy atom. The van der Waals surface area contributed by atoms with Gasteiger partial charge >= 0.3 is 12.2 Å². The Hall–Kier alpha value is -4.92. The van der Waals surface area contributed by atoms with Gasteiger partial charge in [0.05, 0.1) is 13.2 Å². The smallest absolute Gasteiger partial charge is 0.407 e. The van der Waals surface area contributed by atoms with Crippen LogP contribution in [0.3, 0.4) is 0 Å². The van der Waals surface area contributed by atoms with E-state index < -0.39 is 23.9 Å². The van der Waals surface area contributed by atoms with Gasteiger partial charge in [-0.05, 0) is 79.1 Å². The summed E-state index contributed by atoms with van der Waals surface area (Å²) in [5, 5.41) is 5.39. The number of amides is 2. The highest BCUT2D eigenvalue weighted by atomic mass is 16.6. The predicted molar refractivity (Wildman–Crippen MR) is 167 cm³/mol. The highest BCUT2D eigenvalue weighted by molar-refractivity contribution is 5.79. The van der Waals surface area contributed by atoms with E-state index in [2.05, 4.69) is 58.6 Å². The Kier molecular flexibility index (Phi) is 10.7. The number of alkyl carbamates (subject to hydrolysis) is 2. The molecule has 0 heterocycles. The molecule has 1 unspecified atom stereocenters. The van der Waals surface area contributed by atoms with Gasteiger partial charge in [-0.3, -0.25) is 0 Å². The maximum atomic E-state index is 12.9. The lowest BCUT2D eigenvalue weighted by molar-refractivity contribution is 0.0499. The van der Waals surface area contributed by atoms with Gasteiger partial charge in [0.25, 0.3) is 0 Å². The zero-order valence-corrected chi connectivity index (χ0v) is 24.7. The van der Waals surface area contributed by atoms with Gasteiger partial charge in [0, 0.05) is 36.7 Å². The zero-order valence-electron chi connectivity index (χ0n) is 24.7. The molecule has 0 bridgehead atoms. The first-order valence-corrected chi connectivity index (χ1v) is 14.2. The normalized spacial score (nSPS) is 12.3. The average Bonchev–Trinajstić information content (AvgIpc) is 3.30. The number of carbonyl (C=O) groups is 2. The summed E-state index contributed by atoms with van der Waals surface area (Å²) in [6.07, 6.45) is -1.31. The van der Waals surface area contributed by atoms with Crippen LogP contribution in [-0.4, -0.2) is 50.2 Å². The van der Waals surface area contributed by atoms with E-state index in [-0.39, 0.29) is 25.7 Å². The Labute approximate surface area is 253 Å². The van der Waals surface area contributed by atoms with Gasteiger partial charge < -0.3 is 30.6 Å². The van der Waals surface area contributed by atoms with Crippen molar-refractivity contribution in [1.82, 2.24) is 10.6 Å². The van der Waals surface area contributed by atoms with Gasteiger partial charge in [0.1, 0.15) is 11.7 Å². The largest absolute Gasteiger partial charge is 0.444 e. The van der Waals surface area contributed by atoms with Crippen molar-refractivity contribution in [2.24, 2.45) is 0 Å². The number of nitrogen functional groups attached to an aromatic ring is 1. The van der Waals surface area contributed by atoms with Crippen LogP contribution in [0, 0.1) is 23.7 Å². The summed E-state index contributed by atoms with van der Waals surface area (Å²) < 4.78 is 16.7. The van der Waals surface area contributed by atoms with Gasteiger partial charge in [0.15, 0.2) is 0 Å². The van der Waals surface area contributed by atoms with Crippen molar-refractivity contribution in [3.05, 3.63) is 89.5 Å². The van der Waals surface area contributed by atoms with E-state index >= 15 is 0 Å². The molecule has 0 spiro atoms. The van der Waals surface area contributed by atoms with Crippen molar-refractivity contribution in [1.29, 1.82) is 0 Å². The number of nitrogens with two attached hydrogens (primary N) is 1. The lowest BCUT2D eigenvalue weighted by Crippen LogP contribution is -2.35. The minimum Gasteiger partial charge on any atom is -0.444 e. The molecule has 0 fully saturated rings. The number of fused-ring (bicyclic) bond motifs is 3. The lowest BCUT2D eigenvalue weighted by Gasteiger charge is -2.24. The van der Waals surface area contributed by atoms with Gasteiger partial charge in [-0.25, -0.2) is 9.59 Å². The number of carbonyl (C=O) groups excluding carboxylic acids is 2. The monoisotopic (exact) mass is 579 g/mol. The molecule has 1 aliphatic rings. The number of ether oxygens (including phenoxy) is 3. The number of anilines is 1. The van der Waals surface area contributed by atoms with E-state index in [9.17, 15) is 9.59 Å². The Balaban J connectivity index is 1.36. The maximum Gasteiger partial charge on any atom is 0.407 e. The summed E-state index contributed by atoms with van der Waals surface area (Å²) in [6, 6.07) is 23.6. The molecule has 8 heteroatoms. The van der Waals surface area contributed by atoms with E-state index in [0.29, 0.717) is 18.7 Å². The first-order valence-electron chi connectivity index (χ1n) is 14.2. The quantitative estimate of drug-likeness (QED) is 0.176. The molecule has 2 amide bonds. The van der Waals surface area contributed by atoms with E-state index in [1.807, 2.05) is 36.4 Å². The number of hydrogen-bond acceptors (Lipinski definition) is 6. The summed E-state index contributed by atoms with van der Waals surface area (Å²) in [7, 11) is 0. The van der Waals surface area contributed by atoms with Crippen molar-refractivity contribution in [2.75, 3.05) is 32.0 Å². The number of hydrogen-bond donors (Lipinski definition) is 3. The molecule has 1 atom stereocenters. The second kappa shape index (κ2) is 14.8. The molecule has 1 aliphatic carbocycles. The van der Waals surface area contributed by atoms with Crippen molar-refractivity contribution in [3.8, 4) is 34.8 Å². The average molecular weight is 580 g/mol. The van der Waals surface area contributed by atoms with Crippen LogP contribution in [0.15, 0.2) is 72.8 Å². The fourth-order valence-corrected chi connectivity index (χ4v) is 4.73. The SMILES string of the molecule is CC(C)(C)OC(=O)NCCOCCNC(=O)OC(CC#CC#Cc1ccc(N)cc1)C1c2ccccc2-c2ccccc21. The molecular formula is C35H37N3O5. The summed E-state index contributed by atoms with van der Waals surface area (Å²) in [5.41, 5.74) is 11.1. The van der Waals surface area contributed by atoms with Crippen LogP contribution in [0.5, 0.6) is 0 Å². The molecule has 0 aliphatic heterocycles. The highest BCUT2D eigenvalue weighted by Gasteiger charge is 2.36. The van der Waals surface area contributed by atoms with E-state index in [1.54, 1.807) is 32.9 Å². The van der Waals surface area contributed by atoms with Crippen LogP contribution in [0.4, 0.5) is 15.3 Å². The van der Waals surface area contributed by atoms with Crippen molar-refractivity contribution >= 4 is 17.9 Å². The standard InChI is InChI=1S/C35H37N3O5/c1-35(2,3)43-34(40)38-22-24-41-23-21-37-33(39)42-31(16-6-4-5-11-25-17-19-26(36)20-18-25)32-29-14-9-7-12-27(29)28-13-8-10-15-30(28)32/h7-10,12-15,17-20,31-32H,16,21-24,36H2,1-3H3,(H,37,39)(H,38,40). The summed E-state index contributed by atoms with van der Waals surface area (Å²) in [4.78, 5) is 24.6. The fraction of sp³-hybridized carbons (Fsp3) is 0.314. The van der Waals surface area contributed by atoms with Crippen molar-refractivity contribution < 1.29 is 23.8 Å². The van der Waals surface area contributed by atoms with Crippen LogP contribution >= 0.6 is 0 Å². The Morgan fingerprint density at radius 2 is 1.42 bits per heavy atom. The van der Waals surface area contributed by atoms with Crippen LogP contribution in [0.2, 0.25) is 0 Å². The third-order valence-corrected chi connectivity index (χ3v) is 6.51. The van der Waals surface area contributed by atoms with Gasteiger partial charge in [0.2, 0.25) is 0 Å². The van der Waals surface area contributed by atoms with Gasteiger partial charge in [-0.2, -0.15) is 0 Å². The molecule has 8 nitrogen and oxygen atoms in total. The maximum absolute atomic E-state index is 12.9. The van der Waals surface area contributed by atoms with Gasteiger partial charge in [-0.15, -0.1) is 0 Å². The first kappa shape index (κ1) is 31.0. The molecule has 4 rings (SSSR count). The number of nitrogens with one attached hydrogen (secondary N) is 2. The molecule has 0 saturated heterocycles. The van der Waals surface area contributed by atoms with Crippen LogP contribution < -0.4 is 16.4 Å². The molecule has 222 valence electrons. The molecule has 4 N–H and O–H groups in total. The number of benzene rings is 3. The van der Waals surface area contributed by atoms with Crippen molar-refractivity contribution in [2.45, 2.75) is 44.8 Å². The Bertz CT molecular complexity index is 1490. The topological polar surface area (TPSA) is 112 Å². The molecule has 0 radical (unpaired) electrons. The van der Waals surface area contributed by atoms with Crippen LogP contribution in [0.25, 0.3) is 11.1 Å². The number of rotatable bonds is 9. The predicted octanol–water partition coefficient (Wildman–Crippen LogP) is 5.46. The van der Waals surface area contributed by atoms with Crippen LogP contribution in [0.1, 0.15) is 49.8 Å². The second-order valence-electron chi connectivity index (χ2n) is 10.9. The first-order chi connectivity index (χ1) is 20.7. The zero-order chi connectivity index (χ0) is 30.7. The molecule has 0 aromatic heterocycles. The second-order valence-corrected chi connectivity index (χ2v) is 10.9. The molecule has 43 heavy (non-hydrogen) atoms. The lowest BCUT2D eigenvalue weighted by atomic mass is 9.89. The molecule has 3 aromatic carbocycles. The molecule has 0 saturated carbocycles.